The number of methoxy groups -OCH3 is 1. The van der Waals surface area contributed by atoms with E-state index in [4.69, 9.17) is 17.0 Å². The molecule has 0 amide bonds. The van der Waals surface area contributed by atoms with Crippen LogP contribution >= 0.6 is 12.2 Å². The summed E-state index contributed by atoms with van der Waals surface area (Å²) in [6.45, 7) is 0.799. The van der Waals surface area contributed by atoms with Gasteiger partial charge >= 0.3 is 0 Å². The Bertz CT molecular complexity index is 1290. The topological polar surface area (TPSA) is 57.4 Å². The zero-order valence-electron chi connectivity index (χ0n) is 17.5. The number of aromatic nitrogens is 1. The third-order valence-electron chi connectivity index (χ3n) is 5.09. The standard InChI is InChI=1S/C25H22FN3O2S/c1-31-22-11-12-23-18(14-22)13-19(24(30)28-23)16-29(15-17-5-3-2-4-6-17)25(32)27-21-9-7-20(26)8-10-21/h2-14H,15-16H2,1H3,(H,27,32)(H,28,30). The molecule has 5 nitrogen and oxygen atoms in total. The van der Waals surface area contributed by atoms with Crippen LogP contribution in [0.1, 0.15) is 11.1 Å². The van der Waals surface area contributed by atoms with Crippen molar-refractivity contribution in [2.45, 2.75) is 13.1 Å². The van der Waals surface area contributed by atoms with Crippen molar-refractivity contribution in [3.63, 3.8) is 0 Å². The quantitative estimate of drug-likeness (QED) is 0.404. The van der Waals surface area contributed by atoms with Crippen molar-refractivity contribution in [2.24, 2.45) is 0 Å². The number of anilines is 1. The molecule has 0 aliphatic carbocycles. The molecule has 32 heavy (non-hydrogen) atoms. The molecule has 0 saturated carbocycles. The predicted molar refractivity (Wildman–Crippen MR) is 129 cm³/mol. The van der Waals surface area contributed by atoms with E-state index in [2.05, 4.69) is 10.3 Å². The Kier molecular flexibility index (Phi) is 6.47. The molecule has 4 rings (SSSR count). The first-order valence-electron chi connectivity index (χ1n) is 10.1. The van der Waals surface area contributed by atoms with E-state index in [0.29, 0.717) is 35.2 Å². The summed E-state index contributed by atoms with van der Waals surface area (Å²) < 4.78 is 18.6. The smallest absolute Gasteiger partial charge is 0.253 e. The Morgan fingerprint density at radius 3 is 2.50 bits per heavy atom. The van der Waals surface area contributed by atoms with E-state index in [1.165, 1.54) is 12.1 Å². The van der Waals surface area contributed by atoms with Crippen LogP contribution in [0.15, 0.2) is 83.7 Å². The first-order chi connectivity index (χ1) is 15.5. The zero-order valence-corrected chi connectivity index (χ0v) is 18.3. The number of H-pyrrole nitrogens is 1. The van der Waals surface area contributed by atoms with Crippen LogP contribution in [0.5, 0.6) is 5.75 Å². The van der Waals surface area contributed by atoms with Gasteiger partial charge in [-0.1, -0.05) is 30.3 Å². The molecule has 162 valence electrons. The van der Waals surface area contributed by atoms with Gasteiger partial charge in [0.15, 0.2) is 5.11 Å². The number of aromatic amines is 1. The lowest BCUT2D eigenvalue weighted by atomic mass is 10.1. The number of benzene rings is 3. The van der Waals surface area contributed by atoms with Crippen molar-refractivity contribution >= 4 is 33.9 Å². The first kappa shape index (κ1) is 21.5. The van der Waals surface area contributed by atoms with Gasteiger partial charge in [0.2, 0.25) is 0 Å². The highest BCUT2D eigenvalue weighted by atomic mass is 32.1. The molecule has 3 aromatic carbocycles. The fourth-order valence-corrected chi connectivity index (χ4v) is 3.67. The summed E-state index contributed by atoms with van der Waals surface area (Å²) in [6, 6.07) is 23.2. The molecule has 0 bridgehead atoms. The molecule has 4 aromatic rings. The average molecular weight is 448 g/mol. The third kappa shape index (κ3) is 5.12. The van der Waals surface area contributed by atoms with Crippen LogP contribution in [0, 0.1) is 5.82 Å². The molecule has 0 atom stereocenters. The van der Waals surface area contributed by atoms with Gasteiger partial charge < -0.3 is 19.9 Å². The van der Waals surface area contributed by atoms with Crippen LogP contribution < -0.4 is 15.6 Å². The molecule has 0 aliphatic heterocycles. The summed E-state index contributed by atoms with van der Waals surface area (Å²) in [5, 5.41) is 4.45. The third-order valence-corrected chi connectivity index (χ3v) is 5.45. The minimum Gasteiger partial charge on any atom is -0.497 e. The van der Waals surface area contributed by atoms with Crippen LogP contribution in [0.3, 0.4) is 0 Å². The Morgan fingerprint density at radius 2 is 1.78 bits per heavy atom. The molecule has 1 aromatic heterocycles. The lowest BCUT2D eigenvalue weighted by molar-refractivity contribution is 0.411. The normalized spacial score (nSPS) is 10.7. The number of thiocarbonyl (C=S) groups is 1. The van der Waals surface area contributed by atoms with Crippen molar-refractivity contribution in [2.75, 3.05) is 12.4 Å². The number of pyridine rings is 1. The maximum Gasteiger partial charge on any atom is 0.253 e. The van der Waals surface area contributed by atoms with Crippen LogP contribution in [0.2, 0.25) is 0 Å². The van der Waals surface area contributed by atoms with Crippen molar-refractivity contribution in [3.05, 3.63) is 106 Å². The number of hydrogen-bond acceptors (Lipinski definition) is 3. The minimum absolute atomic E-state index is 0.176. The average Bonchev–Trinajstić information content (AvgIpc) is 2.81. The van der Waals surface area contributed by atoms with Gasteiger partial charge in [-0.05, 0) is 66.3 Å². The Balaban J connectivity index is 1.64. The molecule has 2 N–H and O–H groups in total. The first-order valence-corrected chi connectivity index (χ1v) is 10.5. The van der Waals surface area contributed by atoms with Gasteiger partial charge in [0.25, 0.3) is 5.56 Å². The number of ether oxygens (including phenoxy) is 1. The maximum absolute atomic E-state index is 13.3. The summed E-state index contributed by atoms with van der Waals surface area (Å²) >= 11 is 5.66. The number of rotatable bonds is 6. The SMILES string of the molecule is COc1ccc2[nH]c(=O)c(CN(Cc3ccccc3)C(=S)Nc3ccc(F)cc3)cc2c1. The van der Waals surface area contributed by atoms with Crippen molar-refractivity contribution < 1.29 is 9.13 Å². The van der Waals surface area contributed by atoms with Gasteiger partial charge in [-0.2, -0.15) is 0 Å². The molecule has 0 fully saturated rings. The van der Waals surface area contributed by atoms with Crippen LogP contribution in [-0.2, 0) is 13.1 Å². The largest absolute Gasteiger partial charge is 0.497 e. The van der Waals surface area contributed by atoms with Crippen LogP contribution in [-0.4, -0.2) is 22.1 Å². The molecular weight excluding hydrogens is 425 g/mol. The van der Waals surface area contributed by atoms with Crippen LogP contribution in [0.4, 0.5) is 10.1 Å². The molecule has 7 heteroatoms. The fraction of sp³-hybridized carbons (Fsp3) is 0.120. The van der Waals surface area contributed by atoms with Gasteiger partial charge in [0.05, 0.1) is 13.7 Å². The molecule has 0 aliphatic rings. The molecule has 0 saturated heterocycles. The number of halogens is 1. The van der Waals surface area contributed by atoms with Crippen molar-refractivity contribution in [1.82, 2.24) is 9.88 Å². The molecule has 1 heterocycles. The number of hydrogen-bond donors (Lipinski definition) is 2. The van der Waals surface area contributed by atoms with E-state index < -0.39 is 0 Å². The Labute approximate surface area is 190 Å². The monoisotopic (exact) mass is 447 g/mol. The van der Waals surface area contributed by atoms with E-state index in [1.54, 1.807) is 25.3 Å². The second-order valence-electron chi connectivity index (χ2n) is 7.36. The summed E-state index contributed by atoms with van der Waals surface area (Å²) in [5.74, 6) is 0.394. The number of nitrogens with one attached hydrogen (secondary N) is 2. The van der Waals surface area contributed by atoms with E-state index in [9.17, 15) is 9.18 Å². The summed E-state index contributed by atoms with van der Waals surface area (Å²) in [4.78, 5) is 17.6. The number of nitrogens with zero attached hydrogens (tertiary/aromatic N) is 1. The van der Waals surface area contributed by atoms with Crippen molar-refractivity contribution in [1.29, 1.82) is 0 Å². The minimum atomic E-state index is -0.319. The van der Waals surface area contributed by atoms with Gasteiger partial charge in [-0.25, -0.2) is 4.39 Å². The zero-order chi connectivity index (χ0) is 22.5. The summed E-state index contributed by atoms with van der Waals surface area (Å²) in [5.41, 5.74) is 2.86. The Morgan fingerprint density at radius 1 is 1.03 bits per heavy atom. The number of fused-ring (bicyclic) bond motifs is 1. The van der Waals surface area contributed by atoms with Gasteiger partial charge in [0.1, 0.15) is 11.6 Å². The fourth-order valence-electron chi connectivity index (χ4n) is 3.42. The highest BCUT2D eigenvalue weighted by Gasteiger charge is 2.15. The Hall–Kier alpha value is -3.71. The van der Waals surface area contributed by atoms with E-state index in [-0.39, 0.29) is 11.4 Å². The molecule has 0 unspecified atom stereocenters. The summed E-state index contributed by atoms with van der Waals surface area (Å²) in [6.07, 6.45) is 0. The maximum atomic E-state index is 13.3. The van der Waals surface area contributed by atoms with Gasteiger partial charge in [0, 0.05) is 28.7 Å². The molecular formula is C25H22FN3O2S. The van der Waals surface area contributed by atoms with E-state index in [1.807, 2.05) is 53.4 Å². The van der Waals surface area contributed by atoms with E-state index in [0.717, 1.165) is 16.5 Å². The van der Waals surface area contributed by atoms with Gasteiger partial charge in [-0.3, -0.25) is 4.79 Å². The van der Waals surface area contributed by atoms with E-state index >= 15 is 0 Å². The van der Waals surface area contributed by atoms with Crippen LogP contribution in [0.25, 0.3) is 10.9 Å². The predicted octanol–water partition coefficient (Wildman–Crippen LogP) is 5.08. The second kappa shape index (κ2) is 9.62. The highest BCUT2D eigenvalue weighted by Crippen LogP contribution is 2.20. The second-order valence-corrected chi connectivity index (χ2v) is 7.74. The lowest BCUT2D eigenvalue weighted by Crippen LogP contribution is -2.35. The molecule has 0 radical (unpaired) electrons. The molecule has 0 spiro atoms. The highest BCUT2D eigenvalue weighted by molar-refractivity contribution is 7.80. The lowest BCUT2D eigenvalue weighted by Gasteiger charge is -2.26. The van der Waals surface area contributed by atoms with Gasteiger partial charge in [-0.15, -0.1) is 0 Å². The summed E-state index contributed by atoms with van der Waals surface area (Å²) in [7, 11) is 1.61. The van der Waals surface area contributed by atoms with Crippen molar-refractivity contribution in [3.8, 4) is 5.75 Å².